The fraction of sp³-hybridized carbons (Fsp3) is 0.0800. The molecule has 3 aromatic carbocycles. The molecule has 0 aliphatic heterocycles. The fourth-order valence-corrected chi connectivity index (χ4v) is 3.38. The fourth-order valence-electron chi connectivity index (χ4n) is 3.19. The molecule has 3 rings (SSSR count). The van der Waals surface area contributed by atoms with Gasteiger partial charge in [-0.15, -0.1) is 6.42 Å². The average molecular weight is 428 g/mol. The smallest absolute Gasteiger partial charge is 0.303 e. The van der Waals surface area contributed by atoms with Crippen molar-refractivity contribution in [1.82, 2.24) is 5.32 Å². The lowest BCUT2D eigenvalue weighted by atomic mass is 10.0. The summed E-state index contributed by atoms with van der Waals surface area (Å²) in [5, 5.41) is 12.5. The summed E-state index contributed by atoms with van der Waals surface area (Å²) in [6.45, 7) is 0.125. The van der Waals surface area contributed by atoms with Crippen LogP contribution in [0.5, 0.6) is 0 Å². The van der Waals surface area contributed by atoms with Crippen molar-refractivity contribution in [3.63, 3.8) is 0 Å². The summed E-state index contributed by atoms with van der Waals surface area (Å²) in [6, 6.07) is 23.5. The van der Waals surface area contributed by atoms with E-state index in [0.29, 0.717) is 27.4 Å². The molecule has 0 saturated carbocycles. The van der Waals surface area contributed by atoms with Crippen LogP contribution in [0.1, 0.15) is 22.7 Å². The van der Waals surface area contributed by atoms with E-state index in [1.165, 1.54) is 4.90 Å². The molecule has 0 fully saturated rings. The van der Waals surface area contributed by atoms with Gasteiger partial charge < -0.3 is 5.32 Å². The molecule has 3 aromatic rings. The van der Waals surface area contributed by atoms with Crippen molar-refractivity contribution < 1.29 is 9.59 Å². The average Bonchev–Trinajstić information content (AvgIpc) is 2.81. The lowest BCUT2D eigenvalue weighted by Crippen LogP contribution is -2.43. The Kier molecular flexibility index (Phi) is 7.06. The van der Waals surface area contributed by atoms with Gasteiger partial charge in [-0.05, 0) is 41.3 Å². The third-order valence-corrected chi connectivity index (χ3v) is 4.88. The molecule has 0 aromatic heterocycles. The number of terminal acetylenes is 1. The topological polar surface area (TPSA) is 73.2 Å². The summed E-state index contributed by atoms with van der Waals surface area (Å²) in [4.78, 5) is 27.3. The van der Waals surface area contributed by atoms with Crippen molar-refractivity contribution in [1.29, 1.82) is 5.26 Å². The number of carbonyl (C=O) groups is 2. The highest BCUT2D eigenvalue weighted by atomic mass is 35.5. The van der Waals surface area contributed by atoms with Crippen molar-refractivity contribution in [2.24, 2.45) is 0 Å². The molecule has 1 N–H and O–H groups in total. The van der Waals surface area contributed by atoms with Crippen LogP contribution in [0.15, 0.2) is 78.9 Å². The predicted octanol–water partition coefficient (Wildman–Crippen LogP) is 4.24. The molecule has 0 spiro atoms. The Morgan fingerprint density at radius 3 is 2.42 bits per heavy atom. The maximum Gasteiger partial charge on any atom is 0.303 e. The summed E-state index contributed by atoms with van der Waals surface area (Å²) in [5.74, 6) is 0.982. The highest BCUT2D eigenvalue weighted by Crippen LogP contribution is 2.30. The van der Waals surface area contributed by atoms with Crippen LogP contribution in [-0.2, 0) is 16.1 Å². The molecule has 0 bridgehead atoms. The van der Waals surface area contributed by atoms with Gasteiger partial charge in [0.05, 0.1) is 11.6 Å². The van der Waals surface area contributed by atoms with Gasteiger partial charge in [-0.1, -0.05) is 66.2 Å². The molecule has 0 aliphatic carbocycles. The maximum absolute atomic E-state index is 13.3. The van der Waals surface area contributed by atoms with Gasteiger partial charge in [-0.2, -0.15) is 5.26 Å². The third kappa shape index (κ3) is 5.11. The number of hydrogen-bond donors (Lipinski definition) is 1. The van der Waals surface area contributed by atoms with E-state index >= 15 is 0 Å². The molecule has 0 heterocycles. The first-order valence-corrected chi connectivity index (χ1v) is 9.79. The molecule has 6 heteroatoms. The van der Waals surface area contributed by atoms with Gasteiger partial charge in [0, 0.05) is 17.3 Å². The van der Waals surface area contributed by atoms with E-state index in [0.717, 1.165) is 0 Å². The van der Waals surface area contributed by atoms with Crippen molar-refractivity contribution in [3.05, 3.63) is 101 Å². The third-order valence-electron chi connectivity index (χ3n) is 4.64. The van der Waals surface area contributed by atoms with Crippen LogP contribution in [-0.4, -0.2) is 11.8 Å². The first kappa shape index (κ1) is 21.6. The van der Waals surface area contributed by atoms with E-state index in [2.05, 4.69) is 17.3 Å². The Morgan fingerprint density at radius 1 is 1.03 bits per heavy atom. The SMILES string of the molecule is C#CC(=O)N(c1cccc(Cl)c1)C(C(=O)NCc1ccccc1C#N)c1ccccc1. The van der Waals surface area contributed by atoms with Gasteiger partial charge in [0.2, 0.25) is 5.91 Å². The maximum atomic E-state index is 13.3. The molecule has 2 amide bonds. The first-order valence-electron chi connectivity index (χ1n) is 9.41. The Balaban J connectivity index is 2.01. The van der Waals surface area contributed by atoms with Crippen LogP contribution in [0.2, 0.25) is 5.02 Å². The van der Waals surface area contributed by atoms with Crippen molar-refractivity contribution >= 4 is 29.1 Å². The number of nitrogens with zero attached hydrogens (tertiary/aromatic N) is 2. The van der Waals surface area contributed by atoms with Gasteiger partial charge in [-0.3, -0.25) is 14.5 Å². The van der Waals surface area contributed by atoms with E-state index in [4.69, 9.17) is 18.0 Å². The molecule has 152 valence electrons. The number of anilines is 1. The van der Waals surface area contributed by atoms with E-state index < -0.39 is 17.9 Å². The lowest BCUT2D eigenvalue weighted by Gasteiger charge is -2.30. The number of hydrogen-bond acceptors (Lipinski definition) is 3. The molecular formula is C25H18ClN3O2. The normalized spacial score (nSPS) is 10.9. The molecule has 5 nitrogen and oxygen atoms in total. The van der Waals surface area contributed by atoms with E-state index in [1.54, 1.807) is 72.8 Å². The number of nitriles is 1. The molecule has 1 atom stereocenters. The minimum Gasteiger partial charge on any atom is -0.350 e. The van der Waals surface area contributed by atoms with Gasteiger partial charge in [0.25, 0.3) is 0 Å². The van der Waals surface area contributed by atoms with Gasteiger partial charge in [0.1, 0.15) is 6.04 Å². The second-order valence-corrected chi connectivity index (χ2v) is 7.04. The summed E-state index contributed by atoms with van der Waals surface area (Å²) in [6.07, 6.45) is 5.43. The summed E-state index contributed by atoms with van der Waals surface area (Å²) >= 11 is 6.12. The van der Waals surface area contributed by atoms with Gasteiger partial charge >= 0.3 is 5.91 Å². The largest absolute Gasteiger partial charge is 0.350 e. The Morgan fingerprint density at radius 2 is 1.74 bits per heavy atom. The van der Waals surface area contributed by atoms with E-state index in [1.807, 2.05) is 6.07 Å². The second kappa shape index (κ2) is 10.1. The molecular weight excluding hydrogens is 410 g/mol. The van der Waals surface area contributed by atoms with Crippen LogP contribution in [0.25, 0.3) is 0 Å². The molecule has 0 saturated heterocycles. The van der Waals surface area contributed by atoms with Crippen LogP contribution in [0.3, 0.4) is 0 Å². The van der Waals surface area contributed by atoms with Gasteiger partial charge in [0.15, 0.2) is 0 Å². The number of halogens is 1. The van der Waals surface area contributed by atoms with Crippen LogP contribution in [0, 0.1) is 23.7 Å². The van der Waals surface area contributed by atoms with Crippen LogP contribution >= 0.6 is 11.6 Å². The van der Waals surface area contributed by atoms with Gasteiger partial charge in [-0.25, -0.2) is 0 Å². The van der Waals surface area contributed by atoms with Crippen molar-refractivity contribution in [3.8, 4) is 18.4 Å². The standard InChI is InChI=1S/C25H18ClN3O2/c1-2-23(30)29(22-14-8-13-21(26)15-22)24(18-9-4-3-5-10-18)25(31)28-17-20-12-7-6-11-19(20)16-27/h1,3-15,24H,17H2,(H,28,31). The van der Waals surface area contributed by atoms with Crippen molar-refractivity contribution in [2.75, 3.05) is 4.90 Å². The number of nitrogens with one attached hydrogen (secondary N) is 1. The zero-order valence-corrected chi connectivity index (χ0v) is 17.2. The summed E-state index contributed by atoms with van der Waals surface area (Å²) in [7, 11) is 0. The Bertz CT molecular complexity index is 1180. The summed E-state index contributed by atoms with van der Waals surface area (Å²) in [5.41, 5.74) is 2.11. The monoisotopic (exact) mass is 427 g/mol. The minimum absolute atomic E-state index is 0.125. The Hall–Kier alpha value is -4.06. The molecule has 0 aliphatic rings. The number of amides is 2. The van der Waals surface area contributed by atoms with E-state index in [-0.39, 0.29) is 6.54 Å². The Labute approximate surface area is 185 Å². The van der Waals surface area contributed by atoms with Crippen molar-refractivity contribution in [2.45, 2.75) is 12.6 Å². The zero-order chi connectivity index (χ0) is 22.2. The van der Waals surface area contributed by atoms with Crippen LogP contribution in [0.4, 0.5) is 5.69 Å². The minimum atomic E-state index is -1.03. The van der Waals surface area contributed by atoms with E-state index in [9.17, 15) is 14.9 Å². The quantitative estimate of drug-likeness (QED) is 0.598. The number of rotatable bonds is 6. The summed E-state index contributed by atoms with van der Waals surface area (Å²) < 4.78 is 0. The lowest BCUT2D eigenvalue weighted by molar-refractivity contribution is -0.125. The molecule has 0 radical (unpaired) electrons. The second-order valence-electron chi connectivity index (χ2n) is 6.60. The molecule has 1 unspecified atom stereocenters. The predicted molar refractivity (Wildman–Crippen MR) is 120 cm³/mol. The number of carbonyl (C=O) groups excluding carboxylic acids is 2. The number of benzene rings is 3. The van der Waals surface area contributed by atoms with Crippen LogP contribution < -0.4 is 10.2 Å². The highest BCUT2D eigenvalue weighted by Gasteiger charge is 2.32. The molecule has 31 heavy (non-hydrogen) atoms. The highest BCUT2D eigenvalue weighted by molar-refractivity contribution is 6.31. The zero-order valence-electron chi connectivity index (χ0n) is 16.5. The first-order chi connectivity index (χ1) is 15.0.